The molecule has 5 heteroatoms. The molecular formula is C23H30N2O3. The molecule has 1 heterocycles. The van der Waals surface area contributed by atoms with E-state index in [-0.39, 0.29) is 5.91 Å². The van der Waals surface area contributed by atoms with E-state index in [1.807, 2.05) is 35.2 Å². The molecule has 2 aromatic rings. The first-order valence-electron chi connectivity index (χ1n) is 9.86. The molecule has 2 aromatic carbocycles. The van der Waals surface area contributed by atoms with Crippen molar-refractivity contribution in [2.75, 3.05) is 40.4 Å². The van der Waals surface area contributed by atoms with Gasteiger partial charge in [0.2, 0.25) is 5.91 Å². The van der Waals surface area contributed by atoms with Crippen LogP contribution in [0.5, 0.6) is 11.5 Å². The Labute approximate surface area is 167 Å². The van der Waals surface area contributed by atoms with Crippen molar-refractivity contribution in [3.05, 3.63) is 59.2 Å². The predicted octanol–water partition coefficient (Wildman–Crippen LogP) is 3.29. The standard InChI is InChI=1S/C23H30N2O3/c1-18-16-19(8-10-21(18)27-2)17-24-12-14-25(15-13-24)23(26)11-9-20-6-4-5-7-22(20)28-3/h4-8,10,16H,9,11-15,17H2,1-3H3. The van der Waals surface area contributed by atoms with Crippen molar-refractivity contribution < 1.29 is 14.3 Å². The molecular weight excluding hydrogens is 352 g/mol. The van der Waals surface area contributed by atoms with Crippen molar-refractivity contribution in [1.29, 1.82) is 0 Å². The van der Waals surface area contributed by atoms with Crippen molar-refractivity contribution >= 4 is 5.91 Å². The Morgan fingerprint density at radius 3 is 2.36 bits per heavy atom. The zero-order valence-corrected chi connectivity index (χ0v) is 17.1. The Balaban J connectivity index is 1.47. The van der Waals surface area contributed by atoms with E-state index in [2.05, 4.69) is 24.0 Å². The zero-order chi connectivity index (χ0) is 19.9. The van der Waals surface area contributed by atoms with Gasteiger partial charge in [-0.3, -0.25) is 9.69 Å². The van der Waals surface area contributed by atoms with Crippen molar-refractivity contribution in [3.8, 4) is 11.5 Å². The van der Waals surface area contributed by atoms with Gasteiger partial charge < -0.3 is 14.4 Å². The summed E-state index contributed by atoms with van der Waals surface area (Å²) in [4.78, 5) is 17.0. The van der Waals surface area contributed by atoms with Crippen LogP contribution in [0.25, 0.3) is 0 Å². The number of methoxy groups -OCH3 is 2. The van der Waals surface area contributed by atoms with Gasteiger partial charge in [0.1, 0.15) is 11.5 Å². The van der Waals surface area contributed by atoms with E-state index in [0.717, 1.165) is 55.3 Å². The Bertz CT molecular complexity index is 798. The molecule has 0 unspecified atom stereocenters. The normalized spacial score (nSPS) is 14.8. The Hall–Kier alpha value is -2.53. The number of hydrogen-bond acceptors (Lipinski definition) is 4. The van der Waals surface area contributed by atoms with Crippen LogP contribution in [-0.2, 0) is 17.8 Å². The second kappa shape index (κ2) is 9.60. The Morgan fingerprint density at radius 1 is 0.964 bits per heavy atom. The third kappa shape index (κ3) is 5.04. The van der Waals surface area contributed by atoms with Gasteiger partial charge in [0, 0.05) is 39.1 Å². The molecule has 28 heavy (non-hydrogen) atoms. The summed E-state index contributed by atoms with van der Waals surface area (Å²) in [6.07, 6.45) is 1.24. The molecule has 0 bridgehead atoms. The number of rotatable bonds is 7. The first-order valence-corrected chi connectivity index (χ1v) is 9.86. The number of carbonyl (C=O) groups excluding carboxylic acids is 1. The van der Waals surface area contributed by atoms with Crippen molar-refractivity contribution in [3.63, 3.8) is 0 Å². The predicted molar refractivity (Wildman–Crippen MR) is 111 cm³/mol. The zero-order valence-electron chi connectivity index (χ0n) is 17.1. The fourth-order valence-corrected chi connectivity index (χ4v) is 3.76. The maximum Gasteiger partial charge on any atom is 0.222 e. The molecule has 0 aromatic heterocycles. The highest BCUT2D eigenvalue weighted by molar-refractivity contribution is 5.76. The van der Waals surface area contributed by atoms with Crippen LogP contribution in [0.2, 0.25) is 0 Å². The maximum absolute atomic E-state index is 12.6. The number of benzene rings is 2. The second-order valence-electron chi connectivity index (χ2n) is 7.27. The molecule has 0 aliphatic carbocycles. The van der Waals surface area contributed by atoms with Crippen molar-refractivity contribution in [1.82, 2.24) is 9.80 Å². The minimum atomic E-state index is 0.228. The highest BCUT2D eigenvalue weighted by Crippen LogP contribution is 2.21. The lowest BCUT2D eigenvalue weighted by Gasteiger charge is -2.35. The maximum atomic E-state index is 12.6. The Kier molecular flexibility index (Phi) is 6.93. The van der Waals surface area contributed by atoms with E-state index >= 15 is 0 Å². The number of amides is 1. The van der Waals surface area contributed by atoms with E-state index in [9.17, 15) is 4.79 Å². The highest BCUT2D eigenvalue weighted by Gasteiger charge is 2.21. The second-order valence-corrected chi connectivity index (χ2v) is 7.27. The third-order valence-electron chi connectivity index (χ3n) is 5.39. The van der Waals surface area contributed by atoms with Gasteiger partial charge in [-0.15, -0.1) is 0 Å². The number of hydrogen-bond donors (Lipinski definition) is 0. The number of carbonyl (C=O) groups is 1. The van der Waals surface area contributed by atoms with Crippen LogP contribution < -0.4 is 9.47 Å². The van der Waals surface area contributed by atoms with E-state index in [4.69, 9.17) is 9.47 Å². The fourth-order valence-electron chi connectivity index (χ4n) is 3.76. The van der Waals surface area contributed by atoms with Crippen LogP contribution in [0.4, 0.5) is 0 Å². The van der Waals surface area contributed by atoms with Crippen LogP contribution in [0, 0.1) is 6.92 Å². The van der Waals surface area contributed by atoms with Crippen LogP contribution in [-0.4, -0.2) is 56.1 Å². The van der Waals surface area contributed by atoms with Crippen LogP contribution in [0.1, 0.15) is 23.1 Å². The summed E-state index contributed by atoms with van der Waals surface area (Å²) in [6, 6.07) is 14.2. The summed E-state index contributed by atoms with van der Waals surface area (Å²) >= 11 is 0. The molecule has 1 amide bonds. The lowest BCUT2D eigenvalue weighted by Crippen LogP contribution is -2.48. The van der Waals surface area contributed by atoms with Gasteiger partial charge in [-0.1, -0.05) is 30.3 Å². The number of para-hydroxylation sites is 1. The summed E-state index contributed by atoms with van der Waals surface area (Å²) in [5, 5.41) is 0. The summed E-state index contributed by atoms with van der Waals surface area (Å²) in [5.74, 6) is 2.01. The van der Waals surface area contributed by atoms with Gasteiger partial charge in [-0.05, 0) is 42.2 Å². The molecule has 0 atom stereocenters. The molecule has 5 nitrogen and oxygen atoms in total. The van der Waals surface area contributed by atoms with E-state index in [1.165, 1.54) is 5.56 Å². The summed E-state index contributed by atoms with van der Waals surface area (Å²) in [7, 11) is 3.37. The average molecular weight is 383 g/mol. The van der Waals surface area contributed by atoms with Gasteiger partial charge in [-0.2, -0.15) is 0 Å². The first-order chi connectivity index (χ1) is 13.6. The molecule has 1 fully saturated rings. The molecule has 0 spiro atoms. The lowest BCUT2D eigenvalue weighted by atomic mass is 10.1. The minimum Gasteiger partial charge on any atom is -0.496 e. The van der Waals surface area contributed by atoms with E-state index < -0.39 is 0 Å². The van der Waals surface area contributed by atoms with Crippen molar-refractivity contribution in [2.45, 2.75) is 26.3 Å². The molecule has 1 saturated heterocycles. The van der Waals surface area contributed by atoms with Gasteiger partial charge in [0.05, 0.1) is 14.2 Å². The smallest absolute Gasteiger partial charge is 0.222 e. The van der Waals surface area contributed by atoms with E-state index in [0.29, 0.717) is 12.8 Å². The SMILES string of the molecule is COc1ccc(CN2CCN(C(=O)CCc3ccccc3OC)CC2)cc1C. The van der Waals surface area contributed by atoms with Crippen LogP contribution >= 0.6 is 0 Å². The number of aryl methyl sites for hydroxylation is 2. The Morgan fingerprint density at radius 2 is 1.68 bits per heavy atom. The highest BCUT2D eigenvalue weighted by atomic mass is 16.5. The van der Waals surface area contributed by atoms with Gasteiger partial charge in [0.25, 0.3) is 0 Å². The minimum absolute atomic E-state index is 0.228. The number of piperazine rings is 1. The largest absolute Gasteiger partial charge is 0.496 e. The molecule has 150 valence electrons. The van der Waals surface area contributed by atoms with Crippen molar-refractivity contribution in [2.24, 2.45) is 0 Å². The quantitative estimate of drug-likeness (QED) is 0.737. The van der Waals surface area contributed by atoms with Gasteiger partial charge >= 0.3 is 0 Å². The van der Waals surface area contributed by atoms with Crippen LogP contribution in [0.3, 0.4) is 0 Å². The molecule has 1 aliphatic rings. The molecule has 1 aliphatic heterocycles. The topological polar surface area (TPSA) is 42.0 Å². The third-order valence-corrected chi connectivity index (χ3v) is 5.39. The molecule has 0 saturated carbocycles. The number of nitrogens with zero attached hydrogens (tertiary/aromatic N) is 2. The summed E-state index contributed by atoms with van der Waals surface area (Å²) in [6.45, 7) is 6.38. The monoisotopic (exact) mass is 382 g/mol. The molecule has 3 rings (SSSR count). The average Bonchev–Trinajstić information content (AvgIpc) is 2.73. The fraction of sp³-hybridized carbons (Fsp3) is 0.435. The van der Waals surface area contributed by atoms with Gasteiger partial charge in [-0.25, -0.2) is 0 Å². The lowest BCUT2D eigenvalue weighted by molar-refractivity contribution is -0.133. The van der Waals surface area contributed by atoms with Gasteiger partial charge in [0.15, 0.2) is 0 Å². The van der Waals surface area contributed by atoms with E-state index in [1.54, 1.807) is 14.2 Å². The molecule has 0 radical (unpaired) electrons. The van der Waals surface area contributed by atoms with Crippen LogP contribution in [0.15, 0.2) is 42.5 Å². The first kappa shape index (κ1) is 20.2. The summed E-state index contributed by atoms with van der Waals surface area (Å²) in [5.41, 5.74) is 3.53. The summed E-state index contributed by atoms with van der Waals surface area (Å²) < 4.78 is 10.7. The number of ether oxygens (including phenoxy) is 2. The molecule has 0 N–H and O–H groups in total.